The van der Waals surface area contributed by atoms with E-state index in [1.165, 1.54) is 23.0 Å². The number of aliphatic hydroxyl groups is 2. The fourth-order valence-corrected chi connectivity index (χ4v) is 5.62. The molecule has 18 heteroatoms. The summed E-state index contributed by atoms with van der Waals surface area (Å²) in [6.45, 7) is 0.868. The Hall–Kier alpha value is -2.00. The number of benzene rings is 1. The average molecular weight is 583 g/mol. The smallest absolute Gasteiger partial charge is 0.387 e. The lowest BCUT2D eigenvalue weighted by Crippen LogP contribution is -2.33. The van der Waals surface area contributed by atoms with Crippen LogP contribution in [0.15, 0.2) is 36.7 Å². The number of imidazole rings is 1. The zero-order valence-electron chi connectivity index (χ0n) is 18.8. The number of pyridine rings is 1. The van der Waals surface area contributed by atoms with Crippen LogP contribution >= 0.6 is 27.2 Å². The average Bonchev–Trinajstić information content (AvgIpc) is 3.32. The molecule has 37 heavy (non-hydrogen) atoms. The first-order chi connectivity index (χ1) is 17.3. The lowest BCUT2D eigenvalue weighted by molar-refractivity contribution is -0.0503. The Kier molecular flexibility index (Phi) is 8.05. The van der Waals surface area contributed by atoms with Gasteiger partial charge in [-0.25, -0.2) is 23.5 Å². The molecule has 0 aliphatic carbocycles. The number of nitrogens with one attached hydrogen (secondary N) is 1. The minimum atomic E-state index is -5.35. The number of aliphatic hydroxyl groups excluding tert-OH is 2. The summed E-state index contributed by atoms with van der Waals surface area (Å²) in [5, 5.41) is 24.1. The van der Waals surface area contributed by atoms with Crippen molar-refractivity contribution in [3.05, 3.63) is 53.2 Å². The van der Waals surface area contributed by atoms with Gasteiger partial charge in [-0.15, -0.1) is 0 Å². The number of rotatable bonds is 9. The highest BCUT2D eigenvalue weighted by Crippen LogP contribution is 2.57. The molecule has 1 unspecified atom stereocenters. The molecule has 3 heterocycles. The number of anilines is 1. The fourth-order valence-electron chi connectivity index (χ4n) is 3.83. The van der Waals surface area contributed by atoms with Gasteiger partial charge in [-0.3, -0.25) is 9.09 Å². The Labute approximate surface area is 213 Å². The topological polar surface area (TPSA) is 206 Å². The standard InChI is InChI=1S/C19H22ClFN4O10P2/c1-9(10-4-2-3-5-11(10)21)23-12-6-14(20)24-18-15(12)22-8-25(18)19-17(27)16(26)13(34-19)7-33-37(31,32)35-36(28,29)30/h2-6,8-9,13,16-17,19,26-27H,7H2,1H3,(H,23,24)(H,31,32)(H2,28,29,30)/t9-,13+,16+,17+,19+/m0/s1. The number of phosphoric ester groups is 1. The molecule has 1 saturated heterocycles. The highest BCUT2D eigenvalue weighted by Gasteiger charge is 2.46. The van der Waals surface area contributed by atoms with Gasteiger partial charge in [0.2, 0.25) is 0 Å². The second-order valence-corrected chi connectivity index (χ2v) is 11.3. The highest BCUT2D eigenvalue weighted by molar-refractivity contribution is 7.60. The van der Waals surface area contributed by atoms with Crippen LogP contribution in [0, 0.1) is 5.82 Å². The van der Waals surface area contributed by atoms with Crippen LogP contribution in [0.1, 0.15) is 24.8 Å². The van der Waals surface area contributed by atoms with Gasteiger partial charge in [0, 0.05) is 11.6 Å². The van der Waals surface area contributed by atoms with E-state index >= 15 is 0 Å². The number of hydrogen-bond donors (Lipinski definition) is 6. The molecule has 1 aromatic carbocycles. The second-order valence-electron chi connectivity index (χ2n) is 8.09. The normalized spacial score (nSPS) is 24.8. The Balaban J connectivity index is 1.56. The van der Waals surface area contributed by atoms with Gasteiger partial charge in [-0.2, -0.15) is 4.31 Å². The summed E-state index contributed by atoms with van der Waals surface area (Å²) in [7, 11) is -10.6. The molecule has 0 saturated carbocycles. The van der Waals surface area contributed by atoms with Gasteiger partial charge in [0.1, 0.15) is 34.8 Å². The first-order valence-corrected chi connectivity index (χ1v) is 14.0. The van der Waals surface area contributed by atoms with Crippen molar-refractivity contribution in [1.82, 2.24) is 14.5 Å². The third-order valence-corrected chi connectivity index (χ3v) is 7.81. The number of halogens is 2. The molecule has 0 amide bonds. The van der Waals surface area contributed by atoms with Crippen LogP contribution in [0.25, 0.3) is 11.2 Å². The highest BCUT2D eigenvalue weighted by atomic mass is 35.5. The molecule has 202 valence electrons. The van der Waals surface area contributed by atoms with Crippen molar-refractivity contribution < 1.29 is 52.0 Å². The monoisotopic (exact) mass is 582 g/mol. The van der Waals surface area contributed by atoms with E-state index in [0.29, 0.717) is 11.3 Å². The summed E-state index contributed by atoms with van der Waals surface area (Å²) in [5.41, 5.74) is 1.21. The van der Waals surface area contributed by atoms with Gasteiger partial charge in [0.15, 0.2) is 11.9 Å². The molecule has 1 aliphatic rings. The number of fused-ring (bicyclic) bond motifs is 1. The van der Waals surface area contributed by atoms with E-state index in [0.717, 1.165) is 0 Å². The fraction of sp³-hybridized carbons (Fsp3) is 0.368. The van der Waals surface area contributed by atoms with Crippen molar-refractivity contribution in [3.63, 3.8) is 0 Å². The van der Waals surface area contributed by atoms with E-state index in [9.17, 15) is 28.6 Å². The van der Waals surface area contributed by atoms with E-state index in [1.54, 1.807) is 25.1 Å². The van der Waals surface area contributed by atoms with Gasteiger partial charge in [0.05, 0.1) is 24.7 Å². The van der Waals surface area contributed by atoms with Gasteiger partial charge >= 0.3 is 15.6 Å². The van der Waals surface area contributed by atoms with Crippen LogP contribution in [-0.4, -0.2) is 64.3 Å². The molecular weight excluding hydrogens is 561 g/mol. The zero-order valence-corrected chi connectivity index (χ0v) is 21.4. The molecule has 0 bridgehead atoms. The Morgan fingerprint density at radius 2 is 1.95 bits per heavy atom. The van der Waals surface area contributed by atoms with E-state index in [-0.39, 0.29) is 16.3 Å². The van der Waals surface area contributed by atoms with Crippen LogP contribution in [0.2, 0.25) is 5.15 Å². The van der Waals surface area contributed by atoms with E-state index in [4.69, 9.17) is 26.1 Å². The summed E-state index contributed by atoms with van der Waals surface area (Å²) in [6.07, 6.45) is -4.70. The molecule has 6 N–H and O–H groups in total. The quantitative estimate of drug-likeness (QED) is 0.158. The minimum absolute atomic E-state index is 0.0289. The van der Waals surface area contributed by atoms with Crippen LogP contribution in [-0.2, 0) is 22.7 Å². The molecule has 1 aliphatic heterocycles. The summed E-state index contributed by atoms with van der Waals surface area (Å²) in [5.74, 6) is -0.409. The van der Waals surface area contributed by atoms with E-state index in [1.807, 2.05) is 0 Å². The van der Waals surface area contributed by atoms with Crippen molar-refractivity contribution >= 4 is 44.1 Å². The summed E-state index contributed by atoms with van der Waals surface area (Å²) in [6, 6.07) is 7.20. The first kappa shape index (κ1) is 28.0. The lowest BCUT2D eigenvalue weighted by Gasteiger charge is -2.19. The van der Waals surface area contributed by atoms with Crippen LogP contribution in [0.3, 0.4) is 0 Å². The molecule has 3 aromatic rings. The first-order valence-electron chi connectivity index (χ1n) is 10.6. The maximum Gasteiger partial charge on any atom is 0.481 e. The predicted molar refractivity (Wildman–Crippen MR) is 126 cm³/mol. The number of nitrogens with zero attached hydrogens (tertiary/aromatic N) is 3. The second kappa shape index (κ2) is 10.6. The Morgan fingerprint density at radius 3 is 2.62 bits per heavy atom. The lowest BCUT2D eigenvalue weighted by atomic mass is 10.1. The molecule has 4 rings (SSSR count). The van der Waals surface area contributed by atoms with Crippen LogP contribution in [0.5, 0.6) is 0 Å². The number of aromatic nitrogens is 3. The number of hydrogen-bond acceptors (Lipinski definition) is 10. The summed E-state index contributed by atoms with van der Waals surface area (Å²) in [4.78, 5) is 35.3. The zero-order chi connectivity index (χ0) is 27.1. The SMILES string of the molecule is C[C@H](Nc1cc(Cl)nc2c1ncn2[C@@H]1O[C@H](COP(=O)(O)OP(=O)(O)O)[C@@H](O)[C@H]1O)c1ccccc1F. The van der Waals surface area contributed by atoms with Gasteiger partial charge in [-0.05, 0) is 13.0 Å². The molecular formula is C19H22ClFN4O10P2. The number of ether oxygens (including phenoxy) is 1. The molecule has 0 radical (unpaired) electrons. The Morgan fingerprint density at radius 1 is 1.24 bits per heavy atom. The summed E-state index contributed by atoms with van der Waals surface area (Å²) < 4.78 is 51.7. The maximum absolute atomic E-state index is 14.2. The van der Waals surface area contributed by atoms with E-state index < -0.39 is 58.7 Å². The van der Waals surface area contributed by atoms with Gasteiger partial charge < -0.3 is 34.9 Å². The van der Waals surface area contributed by atoms with Gasteiger partial charge in [0.25, 0.3) is 0 Å². The van der Waals surface area contributed by atoms with Crippen molar-refractivity contribution in [2.75, 3.05) is 11.9 Å². The minimum Gasteiger partial charge on any atom is -0.387 e. The molecule has 2 aromatic heterocycles. The maximum atomic E-state index is 14.2. The van der Waals surface area contributed by atoms with Crippen molar-refractivity contribution in [1.29, 1.82) is 0 Å². The number of phosphoric acid groups is 2. The third-order valence-electron chi connectivity index (χ3n) is 5.47. The molecule has 14 nitrogen and oxygen atoms in total. The van der Waals surface area contributed by atoms with Crippen molar-refractivity contribution in [3.8, 4) is 0 Å². The molecule has 6 atom stereocenters. The Bertz CT molecular complexity index is 1390. The van der Waals surface area contributed by atoms with Gasteiger partial charge in [-0.1, -0.05) is 29.8 Å². The summed E-state index contributed by atoms with van der Waals surface area (Å²) >= 11 is 6.19. The van der Waals surface area contributed by atoms with Crippen LogP contribution < -0.4 is 5.32 Å². The molecule has 0 spiro atoms. The third kappa shape index (κ3) is 6.36. The van der Waals surface area contributed by atoms with Crippen molar-refractivity contribution in [2.45, 2.75) is 37.5 Å². The molecule has 1 fully saturated rings. The van der Waals surface area contributed by atoms with Crippen molar-refractivity contribution in [2.24, 2.45) is 0 Å². The van der Waals surface area contributed by atoms with Crippen LogP contribution in [0.4, 0.5) is 10.1 Å². The largest absolute Gasteiger partial charge is 0.481 e. The predicted octanol–water partition coefficient (Wildman–Crippen LogP) is 2.24. The van der Waals surface area contributed by atoms with E-state index in [2.05, 4.69) is 24.1 Å².